The second-order valence-electron chi connectivity index (χ2n) is 10.6. The molecule has 0 spiro atoms. The van der Waals surface area contributed by atoms with Crippen LogP contribution in [0.5, 0.6) is 0 Å². The fourth-order valence-electron chi connectivity index (χ4n) is 4.29. The Morgan fingerprint density at radius 3 is 2.61 bits per heavy atom. The molecule has 0 bridgehead atoms. The van der Waals surface area contributed by atoms with E-state index in [-0.39, 0.29) is 43.6 Å². The van der Waals surface area contributed by atoms with Crippen LogP contribution in [0.3, 0.4) is 0 Å². The van der Waals surface area contributed by atoms with E-state index in [2.05, 4.69) is 4.98 Å². The van der Waals surface area contributed by atoms with Gasteiger partial charge in [0.25, 0.3) is 0 Å². The van der Waals surface area contributed by atoms with Crippen molar-refractivity contribution in [2.45, 2.75) is 96.6 Å². The Hall–Kier alpha value is -2.81. The number of aliphatic hydroxyl groups excluding tert-OH is 2. The van der Waals surface area contributed by atoms with Crippen LogP contribution in [-0.4, -0.2) is 62.8 Å². The third-order valence-corrected chi connectivity index (χ3v) is 6.86. The molecule has 0 aliphatic carbocycles. The van der Waals surface area contributed by atoms with Crippen molar-refractivity contribution in [2.75, 3.05) is 6.61 Å². The van der Waals surface area contributed by atoms with E-state index in [1.165, 1.54) is 6.92 Å². The fourth-order valence-corrected chi connectivity index (χ4v) is 4.29. The van der Waals surface area contributed by atoms with Crippen molar-refractivity contribution in [1.29, 1.82) is 0 Å². The molecule has 38 heavy (non-hydrogen) atoms. The van der Waals surface area contributed by atoms with Crippen molar-refractivity contribution in [3.05, 3.63) is 65.5 Å². The van der Waals surface area contributed by atoms with E-state index >= 15 is 0 Å². The van der Waals surface area contributed by atoms with Gasteiger partial charge in [0.15, 0.2) is 0 Å². The number of carbonyl (C=O) groups is 2. The zero-order valence-corrected chi connectivity index (χ0v) is 23.3. The molecular weight excluding hydrogens is 486 g/mol. The number of aliphatic hydroxyl groups is 3. The molecule has 8 nitrogen and oxygen atoms in total. The van der Waals surface area contributed by atoms with Gasteiger partial charge in [-0.15, -0.1) is 0 Å². The third kappa shape index (κ3) is 9.49. The highest BCUT2D eigenvalue weighted by atomic mass is 16.6. The van der Waals surface area contributed by atoms with Crippen LogP contribution in [0.2, 0.25) is 0 Å². The van der Waals surface area contributed by atoms with Crippen molar-refractivity contribution in [3.63, 3.8) is 0 Å². The van der Waals surface area contributed by atoms with Gasteiger partial charge in [0, 0.05) is 36.1 Å². The molecule has 1 aromatic heterocycles. The average molecular weight is 530 g/mol. The number of nitrogens with zero attached hydrogens (tertiary/aromatic N) is 1. The van der Waals surface area contributed by atoms with Gasteiger partial charge in [-0.2, -0.15) is 0 Å². The summed E-state index contributed by atoms with van der Waals surface area (Å²) in [4.78, 5) is 28.9. The second-order valence-corrected chi connectivity index (χ2v) is 10.6. The van der Waals surface area contributed by atoms with Crippen molar-refractivity contribution in [1.82, 2.24) is 4.98 Å². The van der Waals surface area contributed by atoms with Gasteiger partial charge < -0.3 is 24.8 Å². The van der Waals surface area contributed by atoms with E-state index in [1.54, 1.807) is 19.1 Å². The molecule has 3 N–H and O–H groups in total. The Morgan fingerprint density at radius 2 is 1.95 bits per heavy atom. The van der Waals surface area contributed by atoms with Crippen LogP contribution in [0, 0.1) is 5.92 Å². The molecule has 210 valence electrons. The summed E-state index contributed by atoms with van der Waals surface area (Å²) in [6.07, 6.45) is 6.73. The predicted molar refractivity (Wildman–Crippen MR) is 145 cm³/mol. The van der Waals surface area contributed by atoms with Gasteiger partial charge in [-0.25, -0.2) is 0 Å². The number of carbonyl (C=O) groups excluding carboxylic acids is 2. The Labute approximate surface area is 226 Å². The van der Waals surface area contributed by atoms with Gasteiger partial charge in [0.1, 0.15) is 17.8 Å². The number of allylic oxidation sites excluding steroid dienone is 3. The lowest BCUT2D eigenvalue weighted by molar-refractivity contribution is -0.157. The Balaban J connectivity index is 2.29. The number of hydrogen-bond donors (Lipinski definition) is 3. The molecule has 1 aliphatic rings. The summed E-state index contributed by atoms with van der Waals surface area (Å²) in [6.45, 7) is 10.6. The van der Waals surface area contributed by atoms with E-state index in [1.807, 2.05) is 64.1 Å². The van der Waals surface area contributed by atoms with Crippen molar-refractivity contribution < 1.29 is 34.4 Å². The summed E-state index contributed by atoms with van der Waals surface area (Å²) >= 11 is 0. The lowest BCUT2D eigenvalue weighted by Gasteiger charge is -2.32. The number of rotatable bonds is 7. The first kappa shape index (κ1) is 31.4. The number of pyridine rings is 1. The summed E-state index contributed by atoms with van der Waals surface area (Å²) < 4.78 is 11.1. The Morgan fingerprint density at radius 1 is 1.26 bits per heavy atom. The van der Waals surface area contributed by atoms with Crippen molar-refractivity contribution in [2.24, 2.45) is 5.92 Å². The number of cyclic esters (lactones) is 1. The van der Waals surface area contributed by atoms with Crippen LogP contribution in [-0.2, 0) is 19.1 Å². The zero-order valence-electron chi connectivity index (χ0n) is 23.3. The molecule has 1 aliphatic heterocycles. The second kappa shape index (κ2) is 14.4. The minimum absolute atomic E-state index is 0.0166. The van der Waals surface area contributed by atoms with Gasteiger partial charge in [0.05, 0.1) is 19.1 Å². The number of ether oxygens (including phenoxy) is 2. The maximum Gasteiger partial charge on any atom is 0.309 e. The predicted octanol–water partition coefficient (Wildman–Crippen LogP) is 4.12. The minimum atomic E-state index is -1.41. The molecule has 0 fully saturated rings. The quantitative estimate of drug-likeness (QED) is 0.274. The van der Waals surface area contributed by atoms with Crippen LogP contribution in [0.15, 0.2) is 54.2 Å². The summed E-state index contributed by atoms with van der Waals surface area (Å²) in [5.74, 6) is -1.37. The van der Waals surface area contributed by atoms with Crippen LogP contribution in [0.25, 0.3) is 0 Å². The summed E-state index contributed by atoms with van der Waals surface area (Å²) in [6, 6.07) is 5.78. The van der Waals surface area contributed by atoms with Crippen LogP contribution in [0.4, 0.5) is 0 Å². The van der Waals surface area contributed by atoms with Gasteiger partial charge in [-0.05, 0) is 50.5 Å². The SMILES string of the molecule is CC(=O)O[C@H]1/C=C/[C@H](C)[C@@H](/C(C)=C/C=C/C(C)c2cccc([C@@H](C)CO)n2)OC(=O)C[C@@H](O)CC[C@]1(C)O. The highest BCUT2D eigenvalue weighted by molar-refractivity contribution is 5.70. The highest BCUT2D eigenvalue weighted by Gasteiger charge is 2.35. The largest absolute Gasteiger partial charge is 0.457 e. The third-order valence-electron chi connectivity index (χ3n) is 6.86. The molecule has 1 unspecified atom stereocenters. The molecule has 2 rings (SSSR count). The molecule has 0 radical (unpaired) electrons. The number of esters is 2. The Bertz CT molecular complexity index is 1030. The van der Waals surface area contributed by atoms with E-state index in [9.17, 15) is 24.9 Å². The topological polar surface area (TPSA) is 126 Å². The summed E-state index contributed by atoms with van der Waals surface area (Å²) in [7, 11) is 0. The standard InChI is InChI=1S/C30H43NO7/c1-19(25-11-8-12-26(31-25)22(4)18-32)9-7-10-20(2)29-21(3)13-14-27(37-23(5)33)30(6,36)16-15-24(34)17-28(35)38-29/h7-14,19,21-22,24,27,29,32,34,36H,15-18H2,1-6H3/b9-7+,14-13+,20-10+/t19?,21-,22-,24-,27-,29+,30-/m0/s1. The first-order valence-electron chi connectivity index (χ1n) is 13.2. The van der Waals surface area contributed by atoms with Crippen LogP contribution >= 0.6 is 0 Å². The molecule has 0 amide bonds. The van der Waals surface area contributed by atoms with Crippen molar-refractivity contribution in [3.8, 4) is 0 Å². The smallest absolute Gasteiger partial charge is 0.309 e. The fraction of sp³-hybridized carbons (Fsp3) is 0.567. The average Bonchev–Trinajstić information content (AvgIpc) is 2.86. The number of hydrogen-bond acceptors (Lipinski definition) is 8. The summed E-state index contributed by atoms with van der Waals surface area (Å²) in [5.41, 5.74) is 1.10. The first-order chi connectivity index (χ1) is 17.8. The van der Waals surface area contributed by atoms with Gasteiger partial charge in [-0.1, -0.05) is 51.1 Å². The molecule has 0 aromatic carbocycles. The highest BCUT2D eigenvalue weighted by Crippen LogP contribution is 2.27. The molecule has 7 atom stereocenters. The molecule has 1 aromatic rings. The van der Waals surface area contributed by atoms with Crippen LogP contribution < -0.4 is 0 Å². The maximum atomic E-state index is 12.6. The normalized spacial score (nSPS) is 30.0. The van der Waals surface area contributed by atoms with E-state index in [4.69, 9.17) is 9.47 Å². The lowest BCUT2D eigenvalue weighted by Crippen LogP contribution is -2.42. The summed E-state index contributed by atoms with van der Waals surface area (Å²) in [5, 5.41) is 30.7. The number of aromatic nitrogens is 1. The van der Waals surface area contributed by atoms with E-state index < -0.39 is 35.9 Å². The molecule has 0 saturated carbocycles. The monoisotopic (exact) mass is 529 g/mol. The Kier molecular flexibility index (Phi) is 11.9. The maximum absolute atomic E-state index is 12.6. The van der Waals surface area contributed by atoms with Crippen molar-refractivity contribution >= 4 is 11.9 Å². The zero-order chi connectivity index (χ0) is 28.5. The minimum Gasteiger partial charge on any atom is -0.457 e. The van der Waals surface area contributed by atoms with E-state index in [0.717, 1.165) is 17.0 Å². The first-order valence-corrected chi connectivity index (χ1v) is 13.2. The van der Waals surface area contributed by atoms with Crippen LogP contribution in [0.1, 0.15) is 84.0 Å². The van der Waals surface area contributed by atoms with Gasteiger partial charge >= 0.3 is 11.9 Å². The van der Waals surface area contributed by atoms with Gasteiger partial charge in [-0.3, -0.25) is 14.6 Å². The molecule has 2 heterocycles. The molecule has 0 saturated heterocycles. The molecule has 8 heteroatoms. The molecular formula is C30H43NO7. The lowest BCUT2D eigenvalue weighted by atomic mass is 9.88. The van der Waals surface area contributed by atoms with E-state index in [0.29, 0.717) is 0 Å². The van der Waals surface area contributed by atoms with Gasteiger partial charge in [0.2, 0.25) is 0 Å².